The Labute approximate surface area is 171 Å². The Hall–Kier alpha value is -1.66. The maximum Gasteiger partial charge on any atom is 0.226 e. The molecule has 1 aromatic heterocycles. The predicted molar refractivity (Wildman–Crippen MR) is 115 cm³/mol. The molecule has 0 bridgehead atoms. The van der Waals surface area contributed by atoms with E-state index in [-0.39, 0.29) is 5.92 Å². The van der Waals surface area contributed by atoms with E-state index in [0.717, 1.165) is 51.2 Å². The first-order valence-electron chi connectivity index (χ1n) is 10.9. The van der Waals surface area contributed by atoms with Crippen molar-refractivity contribution in [2.24, 2.45) is 5.92 Å². The number of fused-ring (bicyclic) bond motifs is 1. The van der Waals surface area contributed by atoms with Gasteiger partial charge in [-0.1, -0.05) is 23.5 Å². The van der Waals surface area contributed by atoms with Crippen molar-refractivity contribution >= 4 is 32.6 Å². The van der Waals surface area contributed by atoms with Gasteiger partial charge in [0.15, 0.2) is 5.13 Å². The number of benzene rings is 1. The van der Waals surface area contributed by atoms with Crippen molar-refractivity contribution in [1.82, 2.24) is 14.8 Å². The van der Waals surface area contributed by atoms with Gasteiger partial charge in [-0.3, -0.25) is 9.69 Å². The van der Waals surface area contributed by atoms with Crippen LogP contribution in [0.4, 0.5) is 5.13 Å². The molecule has 28 heavy (non-hydrogen) atoms. The van der Waals surface area contributed by atoms with Gasteiger partial charge >= 0.3 is 0 Å². The smallest absolute Gasteiger partial charge is 0.226 e. The lowest BCUT2D eigenvalue weighted by molar-refractivity contribution is -0.136. The molecule has 1 atom stereocenters. The van der Waals surface area contributed by atoms with Crippen molar-refractivity contribution in [2.75, 3.05) is 44.2 Å². The van der Waals surface area contributed by atoms with Crippen molar-refractivity contribution < 1.29 is 4.79 Å². The molecule has 6 heteroatoms. The van der Waals surface area contributed by atoms with E-state index in [1.54, 1.807) is 0 Å². The van der Waals surface area contributed by atoms with E-state index in [2.05, 4.69) is 39.0 Å². The van der Waals surface area contributed by atoms with Gasteiger partial charge in [0, 0.05) is 38.8 Å². The molecule has 1 aromatic carbocycles. The fourth-order valence-electron chi connectivity index (χ4n) is 5.15. The summed E-state index contributed by atoms with van der Waals surface area (Å²) in [5, 5.41) is 1.17. The molecule has 0 saturated carbocycles. The Morgan fingerprint density at radius 2 is 1.75 bits per heavy atom. The molecule has 0 spiro atoms. The summed E-state index contributed by atoms with van der Waals surface area (Å²) in [6.07, 6.45) is 6.98. The average Bonchev–Trinajstić information content (AvgIpc) is 3.43. The summed E-state index contributed by atoms with van der Waals surface area (Å²) < 4.78 is 1.28. The number of piperidine rings is 2. The first-order chi connectivity index (χ1) is 13.8. The van der Waals surface area contributed by atoms with Gasteiger partial charge in [-0.25, -0.2) is 4.98 Å². The number of carbonyl (C=O) groups is 1. The molecule has 0 N–H and O–H groups in total. The fourth-order valence-corrected chi connectivity index (χ4v) is 6.17. The predicted octanol–water partition coefficient (Wildman–Crippen LogP) is 3.60. The van der Waals surface area contributed by atoms with Gasteiger partial charge in [0.2, 0.25) is 5.91 Å². The van der Waals surface area contributed by atoms with E-state index in [0.29, 0.717) is 11.9 Å². The Bertz CT molecular complexity index is 790. The van der Waals surface area contributed by atoms with Crippen LogP contribution < -0.4 is 4.90 Å². The zero-order valence-corrected chi connectivity index (χ0v) is 17.4. The number of thiazole rings is 1. The molecule has 5 nitrogen and oxygen atoms in total. The number of anilines is 1. The molecule has 0 unspecified atom stereocenters. The van der Waals surface area contributed by atoms with Crippen molar-refractivity contribution in [3.8, 4) is 0 Å². The highest BCUT2D eigenvalue weighted by atomic mass is 32.1. The lowest BCUT2D eigenvalue weighted by atomic mass is 9.93. The lowest BCUT2D eigenvalue weighted by Gasteiger charge is -2.42. The third-order valence-corrected chi connectivity index (χ3v) is 7.85. The highest BCUT2D eigenvalue weighted by Crippen LogP contribution is 2.32. The Balaban J connectivity index is 1.18. The molecule has 2 aromatic rings. The molecule has 150 valence electrons. The van der Waals surface area contributed by atoms with Crippen LogP contribution in [0.1, 0.15) is 38.5 Å². The minimum Gasteiger partial charge on any atom is -0.348 e. The summed E-state index contributed by atoms with van der Waals surface area (Å²) in [5.74, 6) is 0.656. The molecule has 0 radical (unpaired) electrons. The zero-order chi connectivity index (χ0) is 18.9. The van der Waals surface area contributed by atoms with E-state index < -0.39 is 0 Å². The Kier molecular flexibility index (Phi) is 5.24. The molecule has 1 amide bonds. The van der Waals surface area contributed by atoms with Gasteiger partial charge < -0.3 is 9.80 Å². The van der Waals surface area contributed by atoms with E-state index in [1.807, 2.05) is 11.3 Å². The maximum absolute atomic E-state index is 12.8. The largest absolute Gasteiger partial charge is 0.348 e. The van der Waals surface area contributed by atoms with Gasteiger partial charge in [0.25, 0.3) is 0 Å². The summed E-state index contributed by atoms with van der Waals surface area (Å²) in [7, 11) is 0. The van der Waals surface area contributed by atoms with Crippen molar-refractivity contribution in [3.63, 3.8) is 0 Å². The second-order valence-corrected chi connectivity index (χ2v) is 9.56. The average molecular weight is 399 g/mol. The SMILES string of the molecule is O=C([C@@H]1CCCN(C2CCN(c3nc4ccccc4s3)CC2)C1)N1CCCC1. The van der Waals surface area contributed by atoms with Crippen LogP contribution in [-0.4, -0.2) is 66.0 Å². The van der Waals surface area contributed by atoms with Crippen molar-refractivity contribution in [3.05, 3.63) is 24.3 Å². The van der Waals surface area contributed by atoms with Crippen molar-refractivity contribution in [2.45, 2.75) is 44.6 Å². The minimum atomic E-state index is 0.231. The number of aromatic nitrogens is 1. The number of hydrogen-bond donors (Lipinski definition) is 0. The molecular weight excluding hydrogens is 368 g/mol. The minimum absolute atomic E-state index is 0.231. The highest BCUT2D eigenvalue weighted by Gasteiger charge is 2.34. The Morgan fingerprint density at radius 1 is 0.964 bits per heavy atom. The summed E-state index contributed by atoms with van der Waals surface area (Å²) in [4.78, 5) is 24.9. The quantitative estimate of drug-likeness (QED) is 0.792. The van der Waals surface area contributed by atoms with Crippen LogP contribution in [-0.2, 0) is 4.79 Å². The molecule has 3 aliphatic rings. The zero-order valence-electron chi connectivity index (χ0n) is 16.6. The van der Waals surface area contributed by atoms with Gasteiger partial charge in [-0.05, 0) is 57.2 Å². The first-order valence-corrected chi connectivity index (χ1v) is 11.7. The number of carbonyl (C=O) groups excluding carboxylic acids is 1. The summed E-state index contributed by atoms with van der Waals surface area (Å²) in [6, 6.07) is 9.04. The van der Waals surface area contributed by atoms with Crippen LogP contribution in [0.5, 0.6) is 0 Å². The number of amides is 1. The standard InChI is InChI=1S/C22H30N4OS/c27-21(24-11-3-4-12-24)17-6-5-13-26(16-17)18-9-14-25(15-10-18)22-23-19-7-1-2-8-20(19)28-22/h1-2,7-8,17-18H,3-6,9-16H2/t17-/m1/s1. The van der Waals surface area contributed by atoms with Gasteiger partial charge in [-0.15, -0.1) is 0 Å². The van der Waals surface area contributed by atoms with E-state index in [9.17, 15) is 4.79 Å². The molecule has 3 aliphatic heterocycles. The summed E-state index contributed by atoms with van der Waals surface area (Å²) >= 11 is 1.81. The lowest BCUT2D eigenvalue weighted by Crippen LogP contribution is -2.51. The molecule has 3 saturated heterocycles. The Morgan fingerprint density at radius 3 is 2.54 bits per heavy atom. The van der Waals surface area contributed by atoms with E-state index >= 15 is 0 Å². The first kappa shape index (κ1) is 18.4. The van der Waals surface area contributed by atoms with Crippen LogP contribution in [0.25, 0.3) is 10.2 Å². The van der Waals surface area contributed by atoms with E-state index in [1.165, 1.54) is 41.9 Å². The number of hydrogen-bond acceptors (Lipinski definition) is 5. The topological polar surface area (TPSA) is 39.7 Å². The highest BCUT2D eigenvalue weighted by molar-refractivity contribution is 7.22. The monoisotopic (exact) mass is 398 g/mol. The third kappa shape index (κ3) is 3.64. The summed E-state index contributed by atoms with van der Waals surface area (Å²) in [6.45, 7) is 6.25. The van der Waals surface area contributed by atoms with Crippen LogP contribution in [0.2, 0.25) is 0 Å². The summed E-state index contributed by atoms with van der Waals surface area (Å²) in [5.41, 5.74) is 1.11. The molecular formula is C22H30N4OS. The van der Waals surface area contributed by atoms with Crippen LogP contribution >= 0.6 is 11.3 Å². The van der Waals surface area contributed by atoms with E-state index in [4.69, 9.17) is 4.98 Å². The van der Waals surface area contributed by atoms with Gasteiger partial charge in [-0.2, -0.15) is 0 Å². The molecule has 5 rings (SSSR count). The molecule has 4 heterocycles. The second kappa shape index (κ2) is 7.99. The maximum atomic E-state index is 12.8. The van der Waals surface area contributed by atoms with Crippen molar-refractivity contribution in [1.29, 1.82) is 0 Å². The number of nitrogens with zero attached hydrogens (tertiary/aromatic N) is 4. The van der Waals surface area contributed by atoms with Crippen LogP contribution in [0, 0.1) is 5.92 Å². The molecule has 3 fully saturated rings. The number of rotatable bonds is 3. The van der Waals surface area contributed by atoms with Crippen LogP contribution in [0.15, 0.2) is 24.3 Å². The van der Waals surface area contributed by atoms with Gasteiger partial charge in [0.05, 0.1) is 16.1 Å². The number of para-hydroxylation sites is 1. The normalized spacial score (nSPS) is 24.9. The molecule has 0 aliphatic carbocycles. The third-order valence-electron chi connectivity index (χ3n) is 6.75. The second-order valence-electron chi connectivity index (χ2n) is 8.55. The fraction of sp³-hybridized carbons (Fsp3) is 0.636. The van der Waals surface area contributed by atoms with Crippen LogP contribution in [0.3, 0.4) is 0 Å². The van der Waals surface area contributed by atoms with Gasteiger partial charge in [0.1, 0.15) is 0 Å². The number of likely N-dealkylation sites (tertiary alicyclic amines) is 2.